The fourth-order valence-corrected chi connectivity index (χ4v) is 1.68. The fourth-order valence-electron chi connectivity index (χ4n) is 0.187. The second-order valence-corrected chi connectivity index (χ2v) is 5.01. The third-order valence-corrected chi connectivity index (χ3v) is 2.84. The molecule has 0 aliphatic rings. The van der Waals surface area contributed by atoms with Crippen molar-refractivity contribution in [3.8, 4) is 0 Å². The van der Waals surface area contributed by atoms with Crippen LogP contribution >= 0.6 is 18.7 Å². The number of hydrogen-bond acceptors (Lipinski definition) is 2. The van der Waals surface area contributed by atoms with E-state index in [1.54, 1.807) is 11.4 Å². The van der Waals surface area contributed by atoms with E-state index >= 15 is 0 Å². The summed E-state index contributed by atoms with van der Waals surface area (Å²) in [6, 6.07) is 0. The third-order valence-electron chi connectivity index (χ3n) is 0.316. The molecule has 0 radical (unpaired) electrons. The molecule has 0 saturated carbocycles. The van der Waals surface area contributed by atoms with Crippen molar-refractivity contribution in [2.45, 2.75) is 6.92 Å². The van der Waals surface area contributed by atoms with Gasteiger partial charge in [0, 0.05) is 0 Å². The van der Waals surface area contributed by atoms with E-state index in [9.17, 15) is 0 Å². The number of hydrogen-bond donors (Lipinski definition) is 1. The van der Waals surface area contributed by atoms with Crippen LogP contribution in [0.5, 0.6) is 0 Å². The highest BCUT2D eigenvalue weighted by Crippen LogP contribution is 2.40. The summed E-state index contributed by atoms with van der Waals surface area (Å²) in [6.07, 6.45) is 0. The van der Waals surface area contributed by atoms with Crippen LogP contribution in [-0.2, 0) is 0 Å². The highest BCUT2D eigenvalue weighted by Gasteiger charge is 1.87. The van der Waals surface area contributed by atoms with Crippen molar-refractivity contribution in [1.29, 1.82) is 0 Å². The second-order valence-electron chi connectivity index (χ2n) is 0.882. The standard InChI is InChI=1S/C3H9OPS/c1-3-6-5(2)4/h4H,3H2,1-2H3. The van der Waals surface area contributed by atoms with Gasteiger partial charge < -0.3 is 4.89 Å². The molecule has 0 aromatic heterocycles. The molecule has 1 nitrogen and oxygen atoms in total. The molecule has 38 valence electrons. The lowest BCUT2D eigenvalue weighted by Crippen LogP contribution is -1.60. The largest absolute Gasteiger partial charge is 0.363 e. The summed E-state index contributed by atoms with van der Waals surface area (Å²) >= 11 is 1.61. The van der Waals surface area contributed by atoms with Crippen molar-refractivity contribution in [2.75, 3.05) is 12.4 Å². The molecule has 0 aliphatic heterocycles. The zero-order valence-electron chi connectivity index (χ0n) is 4.01. The monoisotopic (exact) mass is 124 g/mol. The average molecular weight is 124 g/mol. The minimum Gasteiger partial charge on any atom is -0.363 e. The van der Waals surface area contributed by atoms with Gasteiger partial charge in [-0.25, -0.2) is 0 Å². The van der Waals surface area contributed by atoms with E-state index in [2.05, 4.69) is 0 Å². The molecule has 0 saturated heterocycles. The first-order valence-electron chi connectivity index (χ1n) is 1.83. The molecule has 0 aromatic rings. The topological polar surface area (TPSA) is 20.2 Å². The van der Waals surface area contributed by atoms with Gasteiger partial charge in [-0.2, -0.15) is 0 Å². The molecule has 0 spiro atoms. The quantitative estimate of drug-likeness (QED) is 0.565. The van der Waals surface area contributed by atoms with Crippen LogP contribution in [0.1, 0.15) is 6.92 Å². The minimum absolute atomic E-state index is 0.684. The SMILES string of the molecule is CCSP(C)O. The molecular formula is C3H9OPS. The summed E-state index contributed by atoms with van der Waals surface area (Å²) in [5, 5.41) is 0. The van der Waals surface area contributed by atoms with Crippen LogP contribution in [0, 0.1) is 0 Å². The zero-order chi connectivity index (χ0) is 4.99. The van der Waals surface area contributed by atoms with E-state index in [0.717, 1.165) is 5.75 Å². The fraction of sp³-hybridized carbons (Fsp3) is 1.00. The summed E-state index contributed by atoms with van der Waals surface area (Å²) < 4.78 is 0. The van der Waals surface area contributed by atoms with Crippen molar-refractivity contribution < 1.29 is 4.89 Å². The van der Waals surface area contributed by atoms with Gasteiger partial charge >= 0.3 is 0 Å². The first-order valence-corrected chi connectivity index (χ1v) is 5.16. The van der Waals surface area contributed by atoms with Gasteiger partial charge in [0.1, 0.15) is 0 Å². The summed E-state index contributed by atoms with van der Waals surface area (Å²) in [6.45, 7) is 3.88. The second kappa shape index (κ2) is 3.91. The average Bonchev–Trinajstić information content (AvgIpc) is 1.35. The van der Waals surface area contributed by atoms with Gasteiger partial charge in [0.2, 0.25) is 0 Å². The van der Waals surface area contributed by atoms with Crippen LogP contribution in [0.3, 0.4) is 0 Å². The van der Waals surface area contributed by atoms with Crippen LogP contribution in [0.15, 0.2) is 0 Å². The van der Waals surface area contributed by atoms with Crippen molar-refractivity contribution in [1.82, 2.24) is 0 Å². The molecule has 0 fully saturated rings. The van der Waals surface area contributed by atoms with Crippen LogP contribution in [0.25, 0.3) is 0 Å². The number of rotatable bonds is 2. The lowest BCUT2D eigenvalue weighted by Gasteiger charge is -1.95. The first-order chi connectivity index (χ1) is 2.77. The molecule has 6 heavy (non-hydrogen) atoms. The van der Waals surface area contributed by atoms with Gasteiger partial charge in [-0.15, -0.1) is 11.4 Å². The van der Waals surface area contributed by atoms with Gasteiger partial charge in [-0.05, 0) is 12.4 Å². The van der Waals surface area contributed by atoms with E-state index in [0.29, 0.717) is 0 Å². The molecular weight excluding hydrogens is 115 g/mol. The zero-order valence-corrected chi connectivity index (χ0v) is 5.72. The molecule has 0 rings (SSSR count). The molecule has 0 aromatic carbocycles. The lowest BCUT2D eigenvalue weighted by molar-refractivity contribution is 0.647. The van der Waals surface area contributed by atoms with Crippen molar-refractivity contribution >= 4 is 18.7 Å². The highest BCUT2D eigenvalue weighted by atomic mass is 32.7. The van der Waals surface area contributed by atoms with Gasteiger partial charge in [0.25, 0.3) is 0 Å². The summed E-state index contributed by atoms with van der Waals surface area (Å²) in [5.41, 5.74) is 0. The van der Waals surface area contributed by atoms with E-state index in [1.165, 1.54) is 0 Å². The Labute approximate surface area is 43.7 Å². The van der Waals surface area contributed by atoms with Gasteiger partial charge in [0.15, 0.2) is 0 Å². The van der Waals surface area contributed by atoms with E-state index in [-0.39, 0.29) is 0 Å². The van der Waals surface area contributed by atoms with Gasteiger partial charge in [0.05, 0.1) is 7.35 Å². The minimum atomic E-state index is -0.684. The molecule has 0 aliphatic carbocycles. The van der Waals surface area contributed by atoms with E-state index < -0.39 is 7.35 Å². The molecule has 1 atom stereocenters. The molecule has 1 unspecified atom stereocenters. The Morgan fingerprint density at radius 3 is 2.33 bits per heavy atom. The first kappa shape index (κ1) is 6.74. The Bertz CT molecular complexity index is 32.0. The normalized spacial score (nSPS) is 14.5. The summed E-state index contributed by atoms with van der Waals surface area (Å²) in [4.78, 5) is 8.58. The predicted molar refractivity (Wildman–Crippen MR) is 33.2 cm³/mol. The van der Waals surface area contributed by atoms with Crippen molar-refractivity contribution in [3.63, 3.8) is 0 Å². The van der Waals surface area contributed by atoms with Crippen molar-refractivity contribution in [3.05, 3.63) is 0 Å². The Kier molecular flexibility index (Phi) is 4.40. The smallest absolute Gasteiger partial charge is 0.0815 e. The maximum absolute atomic E-state index is 8.58. The Morgan fingerprint density at radius 1 is 1.83 bits per heavy atom. The Hall–Kier alpha value is 0.740. The van der Waals surface area contributed by atoms with Gasteiger partial charge in [-0.1, -0.05) is 6.92 Å². The Morgan fingerprint density at radius 2 is 2.33 bits per heavy atom. The summed E-state index contributed by atoms with van der Waals surface area (Å²) in [5.74, 6) is 1.03. The molecule has 0 heterocycles. The maximum Gasteiger partial charge on any atom is 0.0815 e. The predicted octanol–water partition coefficient (Wildman–Crippen LogP) is 1.67. The van der Waals surface area contributed by atoms with E-state index in [1.807, 2.05) is 13.6 Å². The van der Waals surface area contributed by atoms with Crippen LogP contribution in [0.4, 0.5) is 0 Å². The van der Waals surface area contributed by atoms with E-state index in [4.69, 9.17) is 4.89 Å². The molecule has 0 amide bonds. The van der Waals surface area contributed by atoms with Gasteiger partial charge in [-0.3, -0.25) is 0 Å². The molecule has 0 bridgehead atoms. The molecule has 3 heteroatoms. The van der Waals surface area contributed by atoms with Crippen LogP contribution in [-0.4, -0.2) is 17.3 Å². The summed E-state index contributed by atoms with van der Waals surface area (Å²) in [7, 11) is -0.684. The lowest BCUT2D eigenvalue weighted by atomic mass is 11.0. The highest BCUT2D eigenvalue weighted by molar-refractivity contribution is 8.53. The Balaban J connectivity index is 2.63. The van der Waals surface area contributed by atoms with Crippen LogP contribution in [0.2, 0.25) is 0 Å². The third kappa shape index (κ3) is 4.74. The molecule has 1 N–H and O–H groups in total. The maximum atomic E-state index is 8.58. The van der Waals surface area contributed by atoms with Crippen molar-refractivity contribution in [2.24, 2.45) is 0 Å². The van der Waals surface area contributed by atoms with Crippen LogP contribution < -0.4 is 0 Å².